The highest BCUT2D eigenvalue weighted by atomic mass is 127. The van der Waals surface area contributed by atoms with Crippen molar-refractivity contribution in [2.75, 3.05) is 26.2 Å². The Hall–Kier alpha value is -1.42. The van der Waals surface area contributed by atoms with Crippen molar-refractivity contribution < 1.29 is 4.79 Å². The van der Waals surface area contributed by atoms with E-state index in [1.54, 1.807) is 11.3 Å². The van der Waals surface area contributed by atoms with Crippen molar-refractivity contribution >= 4 is 57.4 Å². The van der Waals surface area contributed by atoms with Crippen molar-refractivity contribution in [2.24, 2.45) is 10.9 Å². The van der Waals surface area contributed by atoms with E-state index >= 15 is 0 Å². The van der Waals surface area contributed by atoms with Crippen molar-refractivity contribution in [3.8, 4) is 0 Å². The number of carbonyl (C=O) groups excluding carboxylic acids is 1. The molecule has 0 aliphatic carbocycles. The van der Waals surface area contributed by atoms with Crippen LogP contribution in [0.5, 0.6) is 0 Å². The summed E-state index contributed by atoms with van der Waals surface area (Å²) in [5.41, 5.74) is 1.09. The number of aryl methyl sites for hydroxylation is 1. The van der Waals surface area contributed by atoms with E-state index in [1.165, 1.54) is 9.71 Å². The first kappa shape index (κ1) is 23.9. The van der Waals surface area contributed by atoms with Gasteiger partial charge in [-0.15, -0.1) is 35.3 Å². The number of thiazole rings is 1. The molecule has 1 atom stereocenters. The molecule has 2 heterocycles. The molecule has 1 fully saturated rings. The molecule has 1 aromatic carbocycles. The first-order chi connectivity index (χ1) is 13.6. The predicted molar refractivity (Wildman–Crippen MR) is 132 cm³/mol. The maximum Gasteiger partial charge on any atom is 0.225 e. The number of halogens is 1. The number of amides is 1. The standard InChI is InChI=1S/C21H31N5OS.HI/c1-4-22-21(24-16-11-13-26(14-16)20(27)15(2)3)23-12-7-10-19-25-17-8-5-6-9-18(17)28-19;/h5-6,8-9,15-16H,4,7,10-14H2,1-3H3,(H2,22,23,24);1H. The maximum absolute atomic E-state index is 12.2. The fourth-order valence-electron chi connectivity index (χ4n) is 3.40. The fourth-order valence-corrected chi connectivity index (χ4v) is 4.41. The summed E-state index contributed by atoms with van der Waals surface area (Å²) in [7, 11) is 0. The van der Waals surface area contributed by atoms with Crippen LogP contribution in [0.3, 0.4) is 0 Å². The summed E-state index contributed by atoms with van der Waals surface area (Å²) >= 11 is 1.77. The molecule has 0 saturated carbocycles. The Kier molecular flexibility index (Phi) is 9.61. The van der Waals surface area contributed by atoms with Crippen molar-refractivity contribution in [3.05, 3.63) is 29.3 Å². The molecule has 0 radical (unpaired) electrons. The predicted octanol–water partition coefficient (Wildman–Crippen LogP) is 3.66. The summed E-state index contributed by atoms with van der Waals surface area (Å²) < 4.78 is 1.25. The minimum Gasteiger partial charge on any atom is -0.357 e. The minimum absolute atomic E-state index is 0. The summed E-state index contributed by atoms with van der Waals surface area (Å²) in [4.78, 5) is 23.5. The van der Waals surface area contributed by atoms with E-state index in [2.05, 4.69) is 40.7 Å². The van der Waals surface area contributed by atoms with Crippen molar-refractivity contribution in [1.82, 2.24) is 20.5 Å². The number of para-hydroxylation sites is 1. The highest BCUT2D eigenvalue weighted by Gasteiger charge is 2.27. The monoisotopic (exact) mass is 529 g/mol. The average Bonchev–Trinajstić information content (AvgIpc) is 3.31. The molecule has 160 valence electrons. The molecule has 1 aromatic heterocycles. The molecule has 2 aromatic rings. The summed E-state index contributed by atoms with van der Waals surface area (Å²) in [6.45, 7) is 9.15. The summed E-state index contributed by atoms with van der Waals surface area (Å²) in [5, 5.41) is 7.99. The number of carbonyl (C=O) groups is 1. The number of aromatic nitrogens is 1. The third-order valence-corrected chi connectivity index (χ3v) is 5.93. The zero-order valence-electron chi connectivity index (χ0n) is 17.5. The number of aliphatic imine (C=N–C) groups is 1. The van der Waals surface area contributed by atoms with Gasteiger partial charge in [0.25, 0.3) is 0 Å². The average molecular weight is 529 g/mol. The molecule has 1 saturated heterocycles. The number of nitrogens with one attached hydrogen (secondary N) is 2. The van der Waals surface area contributed by atoms with Crippen LogP contribution in [0.2, 0.25) is 0 Å². The third kappa shape index (κ3) is 6.80. The molecule has 1 unspecified atom stereocenters. The summed E-state index contributed by atoms with van der Waals surface area (Å²) in [5.74, 6) is 1.14. The van der Waals surface area contributed by atoms with Crippen LogP contribution < -0.4 is 10.6 Å². The molecule has 2 N–H and O–H groups in total. The number of guanidine groups is 1. The van der Waals surface area contributed by atoms with E-state index in [9.17, 15) is 4.79 Å². The highest BCUT2D eigenvalue weighted by molar-refractivity contribution is 14.0. The lowest BCUT2D eigenvalue weighted by Crippen LogP contribution is -2.45. The van der Waals surface area contributed by atoms with Crippen LogP contribution in [0.4, 0.5) is 0 Å². The molecule has 0 spiro atoms. The van der Waals surface area contributed by atoms with E-state index in [0.29, 0.717) is 0 Å². The number of hydrogen-bond donors (Lipinski definition) is 2. The third-order valence-electron chi connectivity index (χ3n) is 4.84. The van der Waals surface area contributed by atoms with Crippen LogP contribution in [0, 0.1) is 5.92 Å². The van der Waals surface area contributed by atoms with E-state index in [1.807, 2.05) is 24.8 Å². The van der Waals surface area contributed by atoms with E-state index < -0.39 is 0 Å². The molecule has 29 heavy (non-hydrogen) atoms. The lowest BCUT2D eigenvalue weighted by atomic mass is 10.2. The number of fused-ring (bicyclic) bond motifs is 1. The molecule has 0 bridgehead atoms. The van der Waals surface area contributed by atoms with E-state index in [0.717, 1.165) is 56.9 Å². The van der Waals surface area contributed by atoms with Crippen LogP contribution in [0.15, 0.2) is 29.3 Å². The number of hydrogen-bond acceptors (Lipinski definition) is 4. The zero-order chi connectivity index (χ0) is 19.9. The van der Waals surface area contributed by atoms with Crippen LogP contribution >= 0.6 is 35.3 Å². The van der Waals surface area contributed by atoms with Crippen molar-refractivity contribution in [3.63, 3.8) is 0 Å². The molecule has 6 nitrogen and oxygen atoms in total. The zero-order valence-corrected chi connectivity index (χ0v) is 20.6. The number of rotatable bonds is 7. The Balaban J connectivity index is 0.00000300. The minimum atomic E-state index is 0. The largest absolute Gasteiger partial charge is 0.357 e. The van der Waals surface area contributed by atoms with Gasteiger partial charge in [0.15, 0.2) is 5.96 Å². The van der Waals surface area contributed by atoms with E-state index in [4.69, 9.17) is 4.99 Å². The van der Waals surface area contributed by atoms with Gasteiger partial charge in [-0.05, 0) is 31.9 Å². The first-order valence-corrected chi connectivity index (χ1v) is 11.1. The van der Waals surface area contributed by atoms with Gasteiger partial charge >= 0.3 is 0 Å². The summed E-state index contributed by atoms with van der Waals surface area (Å²) in [6, 6.07) is 8.54. The fraction of sp³-hybridized carbons (Fsp3) is 0.571. The quantitative estimate of drug-likeness (QED) is 0.249. The molecule has 1 aliphatic heterocycles. The lowest BCUT2D eigenvalue weighted by molar-refractivity contribution is -0.133. The van der Waals surface area contributed by atoms with Crippen LogP contribution in [-0.2, 0) is 11.2 Å². The van der Waals surface area contributed by atoms with Gasteiger partial charge in [0.1, 0.15) is 0 Å². The Labute approximate surface area is 194 Å². The number of nitrogens with zero attached hydrogens (tertiary/aromatic N) is 3. The second-order valence-electron chi connectivity index (χ2n) is 7.51. The second kappa shape index (κ2) is 11.7. The lowest BCUT2D eigenvalue weighted by Gasteiger charge is -2.20. The topological polar surface area (TPSA) is 69.6 Å². The van der Waals surface area contributed by atoms with Crippen molar-refractivity contribution in [2.45, 2.75) is 46.1 Å². The first-order valence-electron chi connectivity index (χ1n) is 10.2. The van der Waals surface area contributed by atoms with Crippen LogP contribution in [-0.4, -0.2) is 54.0 Å². The van der Waals surface area contributed by atoms with Gasteiger partial charge in [0, 0.05) is 44.6 Å². The second-order valence-corrected chi connectivity index (χ2v) is 8.62. The molecule has 3 rings (SSSR count). The number of likely N-dealkylation sites (tertiary alicyclic amines) is 1. The molecular formula is C21H32IN5OS. The molecule has 8 heteroatoms. The van der Waals surface area contributed by atoms with Gasteiger partial charge in [-0.25, -0.2) is 4.98 Å². The van der Waals surface area contributed by atoms with E-state index in [-0.39, 0.29) is 41.8 Å². The SMILES string of the molecule is CCNC(=NCCCc1nc2ccccc2s1)NC1CCN(C(=O)C(C)C)C1.I. The molecule has 1 aliphatic rings. The smallest absolute Gasteiger partial charge is 0.225 e. The normalized spacial score (nSPS) is 16.9. The molecular weight excluding hydrogens is 497 g/mol. The Morgan fingerprint density at radius 1 is 1.38 bits per heavy atom. The van der Waals surface area contributed by atoms with Crippen LogP contribution in [0.1, 0.15) is 38.6 Å². The van der Waals surface area contributed by atoms with Gasteiger partial charge in [0.05, 0.1) is 15.2 Å². The van der Waals surface area contributed by atoms with Gasteiger partial charge in [-0.2, -0.15) is 0 Å². The Morgan fingerprint density at radius 3 is 2.90 bits per heavy atom. The van der Waals surface area contributed by atoms with Crippen LogP contribution in [0.25, 0.3) is 10.2 Å². The van der Waals surface area contributed by atoms with Gasteiger partial charge in [-0.1, -0.05) is 26.0 Å². The summed E-state index contributed by atoms with van der Waals surface area (Å²) in [6.07, 6.45) is 2.88. The highest BCUT2D eigenvalue weighted by Crippen LogP contribution is 2.22. The maximum atomic E-state index is 12.2. The van der Waals surface area contributed by atoms with Crippen molar-refractivity contribution in [1.29, 1.82) is 0 Å². The number of benzene rings is 1. The van der Waals surface area contributed by atoms with Gasteiger partial charge < -0.3 is 15.5 Å². The Morgan fingerprint density at radius 2 is 2.17 bits per heavy atom. The van der Waals surface area contributed by atoms with Gasteiger partial charge in [0.2, 0.25) is 5.91 Å². The molecule has 1 amide bonds. The Bertz CT molecular complexity index is 789. The van der Waals surface area contributed by atoms with Gasteiger partial charge in [-0.3, -0.25) is 9.79 Å².